The van der Waals surface area contributed by atoms with Crippen LogP contribution in [0.3, 0.4) is 0 Å². The van der Waals surface area contributed by atoms with Crippen LogP contribution in [0.15, 0.2) is 46.2 Å². The first-order chi connectivity index (χ1) is 8.04. The number of nitrogen functional groups attached to an aromatic ring is 1. The molecule has 0 unspecified atom stereocenters. The standard InChI is InChI=1S/C13H11Cl2NS/c1-8-4-9(16)6-11(5-8)17-10-2-3-12(14)13(15)7-10/h2-7H,16H2,1H3. The van der Waals surface area contributed by atoms with E-state index in [1.54, 1.807) is 17.8 Å². The van der Waals surface area contributed by atoms with Gasteiger partial charge in [-0.15, -0.1) is 0 Å². The molecule has 0 saturated heterocycles. The van der Waals surface area contributed by atoms with Crippen LogP contribution in [0, 0.1) is 6.92 Å². The predicted octanol–water partition coefficient (Wildman–Crippen LogP) is 5.04. The monoisotopic (exact) mass is 283 g/mol. The lowest BCUT2D eigenvalue weighted by molar-refractivity contribution is 1.35. The van der Waals surface area contributed by atoms with Crippen LogP contribution >= 0.6 is 35.0 Å². The lowest BCUT2D eigenvalue weighted by atomic mass is 10.2. The minimum atomic E-state index is 0.567. The van der Waals surface area contributed by atoms with Crippen molar-refractivity contribution in [2.45, 2.75) is 16.7 Å². The maximum atomic E-state index is 5.97. The van der Waals surface area contributed by atoms with Gasteiger partial charge >= 0.3 is 0 Å². The number of halogens is 2. The highest BCUT2D eigenvalue weighted by Crippen LogP contribution is 2.33. The summed E-state index contributed by atoms with van der Waals surface area (Å²) in [4.78, 5) is 2.14. The third-order valence-electron chi connectivity index (χ3n) is 2.20. The van der Waals surface area contributed by atoms with Crippen molar-refractivity contribution in [3.05, 3.63) is 52.0 Å². The van der Waals surface area contributed by atoms with Crippen LogP contribution in [0.2, 0.25) is 10.0 Å². The largest absolute Gasteiger partial charge is 0.399 e. The van der Waals surface area contributed by atoms with Gasteiger partial charge in [0.05, 0.1) is 10.0 Å². The molecule has 0 saturated carbocycles. The maximum Gasteiger partial charge on any atom is 0.0603 e. The Balaban J connectivity index is 2.28. The number of hydrogen-bond donors (Lipinski definition) is 1. The molecular formula is C13H11Cl2NS. The lowest BCUT2D eigenvalue weighted by Gasteiger charge is -2.05. The molecule has 0 spiro atoms. The molecule has 2 aromatic rings. The van der Waals surface area contributed by atoms with Gasteiger partial charge in [0.15, 0.2) is 0 Å². The first-order valence-electron chi connectivity index (χ1n) is 5.04. The van der Waals surface area contributed by atoms with Crippen LogP contribution in [0.25, 0.3) is 0 Å². The first kappa shape index (κ1) is 12.6. The van der Waals surface area contributed by atoms with Crippen molar-refractivity contribution < 1.29 is 0 Å². The summed E-state index contributed by atoms with van der Waals surface area (Å²) in [6, 6.07) is 11.6. The lowest BCUT2D eigenvalue weighted by Crippen LogP contribution is -1.86. The summed E-state index contributed by atoms with van der Waals surface area (Å²) < 4.78 is 0. The Morgan fingerprint density at radius 2 is 1.71 bits per heavy atom. The molecule has 0 aliphatic rings. The van der Waals surface area contributed by atoms with E-state index in [1.807, 2.05) is 31.2 Å². The van der Waals surface area contributed by atoms with Gasteiger partial charge in [-0.3, -0.25) is 0 Å². The third kappa shape index (κ3) is 3.32. The van der Waals surface area contributed by atoms with Crippen LogP contribution in [-0.2, 0) is 0 Å². The van der Waals surface area contributed by atoms with E-state index in [0.29, 0.717) is 10.0 Å². The van der Waals surface area contributed by atoms with Crippen LogP contribution < -0.4 is 5.73 Å². The van der Waals surface area contributed by atoms with E-state index < -0.39 is 0 Å². The first-order valence-corrected chi connectivity index (χ1v) is 6.62. The van der Waals surface area contributed by atoms with E-state index in [4.69, 9.17) is 28.9 Å². The minimum Gasteiger partial charge on any atom is -0.399 e. The maximum absolute atomic E-state index is 5.97. The van der Waals surface area contributed by atoms with E-state index in [9.17, 15) is 0 Å². The Kier molecular flexibility index (Phi) is 3.87. The Labute approximate surface area is 115 Å². The zero-order valence-electron chi connectivity index (χ0n) is 9.21. The molecule has 0 amide bonds. The van der Waals surface area contributed by atoms with Crippen LogP contribution in [0.5, 0.6) is 0 Å². The average molecular weight is 284 g/mol. The van der Waals surface area contributed by atoms with Gasteiger partial charge in [-0.05, 0) is 48.9 Å². The molecule has 2 aromatic carbocycles. The Morgan fingerprint density at radius 3 is 2.35 bits per heavy atom. The van der Waals surface area contributed by atoms with Gasteiger partial charge in [-0.1, -0.05) is 35.0 Å². The smallest absolute Gasteiger partial charge is 0.0603 e. The van der Waals surface area contributed by atoms with Crippen molar-refractivity contribution in [3.8, 4) is 0 Å². The van der Waals surface area contributed by atoms with E-state index in [0.717, 1.165) is 21.0 Å². The van der Waals surface area contributed by atoms with Gasteiger partial charge < -0.3 is 5.73 Å². The van der Waals surface area contributed by atoms with Gasteiger partial charge in [0.1, 0.15) is 0 Å². The Morgan fingerprint density at radius 1 is 0.941 bits per heavy atom. The van der Waals surface area contributed by atoms with Crippen LogP contribution in [-0.4, -0.2) is 0 Å². The molecule has 0 fully saturated rings. The molecule has 2 N–H and O–H groups in total. The van der Waals surface area contributed by atoms with E-state index >= 15 is 0 Å². The van der Waals surface area contributed by atoms with Crippen molar-refractivity contribution in [2.24, 2.45) is 0 Å². The zero-order valence-corrected chi connectivity index (χ0v) is 11.5. The molecule has 0 aliphatic heterocycles. The molecule has 0 radical (unpaired) electrons. The van der Waals surface area contributed by atoms with E-state index in [-0.39, 0.29) is 0 Å². The summed E-state index contributed by atoms with van der Waals surface area (Å²) in [6.45, 7) is 2.02. The molecule has 0 heterocycles. The highest BCUT2D eigenvalue weighted by Gasteiger charge is 2.03. The molecule has 88 valence electrons. The molecule has 1 nitrogen and oxygen atoms in total. The fourth-order valence-electron chi connectivity index (χ4n) is 1.51. The Hall–Kier alpha value is -0.830. The van der Waals surface area contributed by atoms with E-state index in [1.165, 1.54) is 0 Å². The number of nitrogens with two attached hydrogens (primary N) is 1. The summed E-state index contributed by atoms with van der Waals surface area (Å²) in [7, 11) is 0. The summed E-state index contributed by atoms with van der Waals surface area (Å²) in [6.07, 6.45) is 0. The summed E-state index contributed by atoms with van der Waals surface area (Å²) >= 11 is 13.5. The quantitative estimate of drug-likeness (QED) is 0.782. The zero-order chi connectivity index (χ0) is 12.4. The fraction of sp³-hybridized carbons (Fsp3) is 0.0769. The number of hydrogen-bond acceptors (Lipinski definition) is 2. The minimum absolute atomic E-state index is 0.567. The molecule has 0 aromatic heterocycles. The predicted molar refractivity (Wildman–Crippen MR) is 76.2 cm³/mol. The number of aryl methyl sites for hydroxylation is 1. The normalized spacial score (nSPS) is 10.5. The number of benzene rings is 2. The Bertz CT molecular complexity index is 535. The average Bonchev–Trinajstić information content (AvgIpc) is 2.22. The fourth-order valence-corrected chi connectivity index (χ4v) is 2.90. The second-order valence-electron chi connectivity index (χ2n) is 3.76. The molecule has 0 bridgehead atoms. The topological polar surface area (TPSA) is 26.0 Å². The second kappa shape index (κ2) is 5.21. The molecule has 0 aliphatic carbocycles. The van der Waals surface area contributed by atoms with Crippen molar-refractivity contribution in [3.63, 3.8) is 0 Å². The molecule has 17 heavy (non-hydrogen) atoms. The highest BCUT2D eigenvalue weighted by atomic mass is 35.5. The summed E-state index contributed by atoms with van der Waals surface area (Å²) in [5.74, 6) is 0. The highest BCUT2D eigenvalue weighted by molar-refractivity contribution is 7.99. The van der Waals surface area contributed by atoms with Gasteiger partial charge in [0.2, 0.25) is 0 Å². The van der Waals surface area contributed by atoms with Gasteiger partial charge in [0, 0.05) is 15.5 Å². The number of rotatable bonds is 2. The van der Waals surface area contributed by atoms with Gasteiger partial charge in [0.25, 0.3) is 0 Å². The van der Waals surface area contributed by atoms with Crippen molar-refractivity contribution in [2.75, 3.05) is 5.73 Å². The summed E-state index contributed by atoms with van der Waals surface area (Å²) in [5.41, 5.74) is 7.72. The van der Waals surface area contributed by atoms with Gasteiger partial charge in [-0.25, -0.2) is 0 Å². The van der Waals surface area contributed by atoms with Crippen LogP contribution in [0.1, 0.15) is 5.56 Å². The SMILES string of the molecule is Cc1cc(N)cc(Sc2ccc(Cl)c(Cl)c2)c1. The summed E-state index contributed by atoms with van der Waals surface area (Å²) in [5, 5.41) is 1.14. The van der Waals surface area contributed by atoms with Crippen molar-refractivity contribution >= 4 is 40.7 Å². The third-order valence-corrected chi connectivity index (χ3v) is 3.90. The van der Waals surface area contributed by atoms with Gasteiger partial charge in [-0.2, -0.15) is 0 Å². The molecular weight excluding hydrogens is 273 g/mol. The second-order valence-corrected chi connectivity index (χ2v) is 5.72. The van der Waals surface area contributed by atoms with Crippen LogP contribution in [0.4, 0.5) is 5.69 Å². The number of anilines is 1. The molecule has 4 heteroatoms. The molecule has 2 rings (SSSR count). The van der Waals surface area contributed by atoms with E-state index in [2.05, 4.69) is 6.07 Å². The molecule has 0 atom stereocenters. The van der Waals surface area contributed by atoms with Crippen molar-refractivity contribution in [1.82, 2.24) is 0 Å². The van der Waals surface area contributed by atoms with Crippen molar-refractivity contribution in [1.29, 1.82) is 0 Å².